The number of carbonyl (C=O) groups excluding carboxylic acids is 2. The predicted octanol–water partition coefficient (Wildman–Crippen LogP) is 10.3. The Morgan fingerprint density at radius 1 is 0.838 bits per heavy atom. The largest absolute Gasteiger partial charge is 0.573 e. The molecule has 1 saturated carbocycles. The molecule has 1 aromatic heterocycles. The van der Waals surface area contributed by atoms with Gasteiger partial charge in [0.25, 0.3) is 0 Å². The van der Waals surface area contributed by atoms with Crippen LogP contribution in [0.4, 0.5) is 13.2 Å². The molecule has 3 aromatic rings. The van der Waals surface area contributed by atoms with Crippen molar-refractivity contribution in [2.75, 3.05) is 52.9 Å². The Labute approximate surface area is 438 Å². The number of piperidine rings is 1. The summed E-state index contributed by atoms with van der Waals surface area (Å²) < 4.78 is 53.6. The second-order valence-electron chi connectivity index (χ2n) is 21.5. The van der Waals surface area contributed by atoms with Crippen molar-refractivity contribution in [3.8, 4) is 17.2 Å². The van der Waals surface area contributed by atoms with Gasteiger partial charge in [-0.15, -0.1) is 18.3 Å². The van der Waals surface area contributed by atoms with Gasteiger partial charge in [-0.1, -0.05) is 108 Å². The number of carbonyl (C=O) groups is 3. The topological polar surface area (TPSA) is 177 Å². The minimum absolute atomic E-state index is 0.0209. The fraction of sp³-hybridized carbons (Fsp3) is 0.702. The number of aryl methyl sites for hydroxylation is 2. The van der Waals surface area contributed by atoms with Crippen LogP contribution >= 0.6 is 0 Å². The van der Waals surface area contributed by atoms with E-state index in [1.165, 1.54) is 76.7 Å². The van der Waals surface area contributed by atoms with Crippen LogP contribution in [0.15, 0.2) is 42.6 Å². The molecule has 2 fully saturated rings. The zero-order valence-electron chi connectivity index (χ0n) is 44.5. The van der Waals surface area contributed by atoms with Crippen molar-refractivity contribution in [1.82, 2.24) is 35.4 Å². The number of amides is 2. The average molecular weight is 1040 g/mol. The molecule has 1 saturated heterocycles. The molecule has 412 valence electrons. The molecule has 2 aliphatic heterocycles. The number of alkyl halides is 3. The van der Waals surface area contributed by atoms with Gasteiger partial charge in [-0.05, 0) is 137 Å². The molecule has 5 N–H and O–H groups in total. The molecule has 1 aliphatic carbocycles. The number of likely N-dealkylation sites (N-methyl/N-ethyl adjacent to an activating group) is 1. The molecule has 6 rings (SSSR count). The van der Waals surface area contributed by atoms with Crippen molar-refractivity contribution in [2.24, 2.45) is 23.5 Å². The Bertz CT molecular complexity index is 2160. The number of likely N-dealkylation sites (tertiary alicyclic amines) is 1. The van der Waals surface area contributed by atoms with E-state index in [-0.39, 0.29) is 29.6 Å². The minimum Gasteiger partial charge on any atom is -0.490 e. The van der Waals surface area contributed by atoms with Gasteiger partial charge in [0.05, 0.1) is 30.0 Å². The highest BCUT2D eigenvalue weighted by Gasteiger charge is 2.40. The van der Waals surface area contributed by atoms with E-state index in [1.54, 1.807) is 23.7 Å². The summed E-state index contributed by atoms with van der Waals surface area (Å²) in [6.45, 7) is 6.18. The van der Waals surface area contributed by atoms with E-state index in [0.717, 1.165) is 119 Å². The first-order valence-corrected chi connectivity index (χ1v) is 28.2. The van der Waals surface area contributed by atoms with E-state index in [1.807, 2.05) is 18.1 Å². The van der Waals surface area contributed by atoms with E-state index in [9.17, 15) is 32.7 Å². The molecule has 0 radical (unpaired) electrons. The van der Waals surface area contributed by atoms with Gasteiger partial charge in [-0.25, -0.2) is 4.68 Å². The number of benzene rings is 2. The Hall–Kier alpha value is -4.74. The summed E-state index contributed by atoms with van der Waals surface area (Å²) >= 11 is 0. The number of halogens is 3. The normalized spacial score (nSPS) is 17.1. The van der Waals surface area contributed by atoms with Gasteiger partial charge in [0, 0.05) is 44.7 Å². The van der Waals surface area contributed by atoms with E-state index in [0.29, 0.717) is 62.2 Å². The average Bonchev–Trinajstić information content (AvgIpc) is 4.10. The number of fused-ring (bicyclic) bond motifs is 1. The third-order valence-electron chi connectivity index (χ3n) is 15.4. The number of carboxylic acid groups (broad SMARTS) is 1. The number of hydrogen-bond donors (Lipinski definition) is 4. The maximum absolute atomic E-state index is 13.6. The number of nitrogens with two attached hydrogens (primary N) is 1. The molecule has 3 heterocycles. The van der Waals surface area contributed by atoms with Gasteiger partial charge in [0.1, 0.15) is 17.6 Å². The van der Waals surface area contributed by atoms with E-state index >= 15 is 0 Å². The smallest absolute Gasteiger partial charge is 0.490 e. The standard InChI is InChI=1S/C57H87F3N8O6/c1-42(56(71)72)55(45-22-23-45)46-24-21-43-25-27-50(73-52(43)38-46)44-29-35-67(36-30-44)39-47-37-49(26-28-51(47)74-57(58,59)60)68-40-48(64-65-68)19-16-14-12-10-8-6-4-3-5-7-9-11-13-15-17-20-53(69)62-32-18-34-66(2)41-54(70)63-33-31-61/h21,24,26,28,37-38,40,42,44-45,50,55H,3-20,22-23,25,27,29-36,39,41,61H2,1-2H3,(H,62,69)(H,63,70)(H,71,72)/t42-,50+,55-/m0/s1. The number of aliphatic carboxylic acids is 1. The zero-order valence-corrected chi connectivity index (χ0v) is 44.5. The lowest BCUT2D eigenvalue weighted by molar-refractivity contribution is -0.275. The second kappa shape index (κ2) is 30.7. The van der Waals surface area contributed by atoms with Gasteiger partial charge in [0.2, 0.25) is 11.8 Å². The number of unbranched alkanes of at least 4 members (excludes halogenated alkanes) is 14. The number of nitrogens with one attached hydrogen (secondary N) is 2. The van der Waals surface area contributed by atoms with Crippen LogP contribution in [0.3, 0.4) is 0 Å². The van der Waals surface area contributed by atoms with Gasteiger partial charge in [0.15, 0.2) is 0 Å². The van der Waals surface area contributed by atoms with E-state index in [2.05, 4.69) is 48.8 Å². The number of nitrogens with zero attached hydrogens (tertiary/aromatic N) is 5. The molecule has 74 heavy (non-hydrogen) atoms. The van der Waals surface area contributed by atoms with Gasteiger partial charge < -0.3 is 30.9 Å². The van der Waals surface area contributed by atoms with Crippen LogP contribution in [0.25, 0.3) is 5.69 Å². The lowest BCUT2D eigenvalue weighted by Gasteiger charge is -2.38. The van der Waals surface area contributed by atoms with Crippen molar-refractivity contribution >= 4 is 17.8 Å². The Morgan fingerprint density at radius 2 is 1.49 bits per heavy atom. The number of aromatic nitrogens is 3. The highest BCUT2D eigenvalue weighted by atomic mass is 19.4. The van der Waals surface area contributed by atoms with Gasteiger partial charge in [-0.2, -0.15) is 0 Å². The monoisotopic (exact) mass is 1040 g/mol. The quantitative estimate of drug-likeness (QED) is 0.0412. The summed E-state index contributed by atoms with van der Waals surface area (Å²) in [6, 6.07) is 11.0. The minimum atomic E-state index is -4.82. The fourth-order valence-electron chi connectivity index (χ4n) is 11.0. The first-order chi connectivity index (χ1) is 35.8. The maximum Gasteiger partial charge on any atom is 0.573 e. The van der Waals surface area contributed by atoms with Gasteiger partial charge in [-0.3, -0.25) is 24.2 Å². The predicted molar refractivity (Wildman–Crippen MR) is 282 cm³/mol. The third kappa shape index (κ3) is 20.4. The van der Waals surface area contributed by atoms with Crippen molar-refractivity contribution in [1.29, 1.82) is 0 Å². The molecule has 17 heteroatoms. The highest BCUT2D eigenvalue weighted by Crippen LogP contribution is 2.48. The van der Waals surface area contributed by atoms with Crippen LogP contribution in [-0.2, 0) is 33.8 Å². The first kappa shape index (κ1) is 58.5. The first-order valence-electron chi connectivity index (χ1n) is 28.2. The molecule has 0 spiro atoms. The summed E-state index contributed by atoms with van der Waals surface area (Å²) in [5, 5.41) is 24.3. The van der Waals surface area contributed by atoms with Crippen LogP contribution in [-0.4, -0.2) is 113 Å². The molecule has 3 atom stereocenters. The molecule has 2 amide bonds. The molecule has 2 aromatic carbocycles. The summed E-state index contributed by atoms with van der Waals surface area (Å²) in [7, 11) is 1.90. The van der Waals surface area contributed by atoms with Crippen LogP contribution in [0, 0.1) is 17.8 Å². The molecule has 3 aliphatic rings. The Balaban J connectivity index is 0.802. The van der Waals surface area contributed by atoms with Crippen LogP contribution < -0.4 is 25.8 Å². The molecule has 14 nitrogen and oxygen atoms in total. The zero-order chi connectivity index (χ0) is 52.7. The van der Waals surface area contributed by atoms with E-state index < -0.39 is 18.2 Å². The van der Waals surface area contributed by atoms with Crippen LogP contribution in [0.1, 0.15) is 176 Å². The summed E-state index contributed by atoms with van der Waals surface area (Å²) in [4.78, 5) is 40.0. The van der Waals surface area contributed by atoms with Crippen LogP contribution in [0.5, 0.6) is 11.5 Å². The molecule has 0 bridgehead atoms. The van der Waals surface area contributed by atoms with Crippen LogP contribution in [0.2, 0.25) is 0 Å². The Morgan fingerprint density at radius 3 is 2.12 bits per heavy atom. The van der Waals surface area contributed by atoms with Crippen molar-refractivity contribution in [3.05, 3.63) is 65.0 Å². The SMILES string of the molecule is C[C@H](C(=O)O)[C@H](c1ccc2c(c1)O[C@@H](C1CCN(Cc3cc(-n4cc(CCCCCCCCCCCCCCCCCC(=O)NCCCN(C)CC(=O)NCCN)nn4)ccc3OC(F)(F)F)CC1)CC2)C1CC1. The van der Waals surface area contributed by atoms with Crippen molar-refractivity contribution in [2.45, 2.75) is 186 Å². The summed E-state index contributed by atoms with van der Waals surface area (Å²) in [5.41, 5.74) is 9.57. The van der Waals surface area contributed by atoms with Crippen molar-refractivity contribution in [3.63, 3.8) is 0 Å². The number of ether oxygens (including phenoxy) is 2. The summed E-state index contributed by atoms with van der Waals surface area (Å²) in [6.07, 6.45) is 22.9. The molecular weight excluding hydrogens is 950 g/mol. The number of carboxylic acids is 1. The number of rotatable bonds is 35. The lowest BCUT2D eigenvalue weighted by atomic mass is 9.81. The van der Waals surface area contributed by atoms with Gasteiger partial charge >= 0.3 is 12.3 Å². The lowest BCUT2D eigenvalue weighted by Crippen LogP contribution is -2.40. The third-order valence-corrected chi connectivity index (χ3v) is 15.4. The Kier molecular flexibility index (Phi) is 24.3. The summed E-state index contributed by atoms with van der Waals surface area (Å²) in [5.74, 6) is 0.206. The fourth-order valence-corrected chi connectivity index (χ4v) is 11.0. The molecular formula is C57H87F3N8O6. The maximum atomic E-state index is 13.6. The highest BCUT2D eigenvalue weighted by molar-refractivity contribution is 5.78. The van der Waals surface area contributed by atoms with E-state index in [4.69, 9.17) is 10.5 Å². The molecule has 0 unspecified atom stereocenters. The second-order valence-corrected chi connectivity index (χ2v) is 21.5. The number of hydrogen-bond acceptors (Lipinski definition) is 10. The van der Waals surface area contributed by atoms with Crippen molar-refractivity contribution < 1.29 is 42.1 Å².